The van der Waals surface area contributed by atoms with Crippen LogP contribution in [-0.2, 0) is 9.84 Å². The van der Waals surface area contributed by atoms with Gasteiger partial charge in [0.15, 0.2) is 9.84 Å². The van der Waals surface area contributed by atoms with Gasteiger partial charge in [-0.15, -0.1) is 0 Å². The summed E-state index contributed by atoms with van der Waals surface area (Å²) in [5.74, 6) is 0. The molecule has 1 aromatic carbocycles. The smallest absolute Gasteiger partial charge is 0.293 e. The second kappa shape index (κ2) is 5.76. The van der Waals surface area contributed by atoms with Gasteiger partial charge in [-0.2, -0.15) is 0 Å². The Balaban J connectivity index is 2.30. The van der Waals surface area contributed by atoms with E-state index >= 15 is 0 Å². The molecule has 110 valence electrons. The van der Waals surface area contributed by atoms with Crippen molar-refractivity contribution in [1.29, 1.82) is 0 Å². The molecule has 3 N–H and O–H groups in total. The minimum Gasteiger partial charge on any atom is -0.376 e. The topological polar surface area (TPSA) is 106 Å². The van der Waals surface area contributed by atoms with Crippen molar-refractivity contribution in [3.05, 3.63) is 28.3 Å². The first-order valence-corrected chi connectivity index (χ1v) is 8.34. The molecule has 0 bridgehead atoms. The third-order valence-electron chi connectivity index (χ3n) is 3.39. The monoisotopic (exact) mass is 300 g/mol. The lowest BCUT2D eigenvalue weighted by Crippen LogP contribution is -2.87. The van der Waals surface area contributed by atoms with Crippen molar-refractivity contribution in [3.63, 3.8) is 0 Å². The average Bonchev–Trinajstić information content (AvgIpc) is 2.38. The van der Waals surface area contributed by atoms with Gasteiger partial charge in [0.1, 0.15) is 5.69 Å². The SMILES string of the molecule is CS(=O)(=O)c1ccc(NC2CC[NH2+]CC2)c([N+](=O)[O-])c1. The van der Waals surface area contributed by atoms with Crippen molar-refractivity contribution in [3.8, 4) is 0 Å². The van der Waals surface area contributed by atoms with Gasteiger partial charge < -0.3 is 10.6 Å². The number of benzene rings is 1. The zero-order valence-corrected chi connectivity index (χ0v) is 12.0. The molecule has 7 nitrogen and oxygen atoms in total. The largest absolute Gasteiger partial charge is 0.376 e. The van der Waals surface area contributed by atoms with E-state index in [-0.39, 0.29) is 16.6 Å². The third kappa shape index (κ3) is 3.45. The first-order chi connectivity index (χ1) is 9.38. The molecule has 0 amide bonds. The number of rotatable bonds is 4. The highest BCUT2D eigenvalue weighted by atomic mass is 32.2. The van der Waals surface area contributed by atoms with Gasteiger partial charge in [-0.1, -0.05) is 0 Å². The lowest BCUT2D eigenvalue weighted by Gasteiger charge is -2.22. The number of nitrogens with two attached hydrogens (primary N) is 1. The lowest BCUT2D eigenvalue weighted by molar-refractivity contribution is -0.662. The lowest BCUT2D eigenvalue weighted by atomic mass is 10.1. The van der Waals surface area contributed by atoms with Gasteiger partial charge in [0.2, 0.25) is 0 Å². The van der Waals surface area contributed by atoms with Crippen LogP contribution in [0.4, 0.5) is 11.4 Å². The number of nitrogens with zero attached hydrogens (tertiary/aromatic N) is 1. The van der Waals surface area contributed by atoms with Gasteiger partial charge >= 0.3 is 0 Å². The highest BCUT2D eigenvalue weighted by Gasteiger charge is 2.22. The van der Waals surface area contributed by atoms with Gasteiger partial charge in [0.25, 0.3) is 5.69 Å². The fraction of sp³-hybridized carbons (Fsp3) is 0.500. The Bertz CT molecular complexity index is 609. The Labute approximate surface area is 117 Å². The molecule has 0 radical (unpaired) electrons. The van der Waals surface area contributed by atoms with Gasteiger partial charge in [0.05, 0.1) is 22.9 Å². The van der Waals surface area contributed by atoms with Crippen LogP contribution in [0.25, 0.3) is 0 Å². The van der Waals surface area contributed by atoms with E-state index < -0.39 is 14.8 Å². The molecule has 20 heavy (non-hydrogen) atoms. The van der Waals surface area contributed by atoms with Crippen LogP contribution < -0.4 is 10.6 Å². The number of hydrogen-bond donors (Lipinski definition) is 2. The number of nitro groups is 1. The number of nitrogens with one attached hydrogen (secondary N) is 1. The van der Waals surface area contributed by atoms with E-state index in [9.17, 15) is 18.5 Å². The molecule has 0 aliphatic carbocycles. The first-order valence-electron chi connectivity index (χ1n) is 6.44. The van der Waals surface area contributed by atoms with Crippen molar-refractivity contribution < 1.29 is 18.7 Å². The normalized spacial score (nSPS) is 16.9. The molecule has 1 fully saturated rings. The molecule has 0 atom stereocenters. The fourth-order valence-corrected chi connectivity index (χ4v) is 2.95. The molecular formula is C12H18N3O4S+. The Kier molecular flexibility index (Phi) is 4.24. The van der Waals surface area contributed by atoms with Crippen LogP contribution in [0, 0.1) is 10.1 Å². The summed E-state index contributed by atoms with van der Waals surface area (Å²) < 4.78 is 22.9. The number of sulfone groups is 1. The molecule has 0 aromatic heterocycles. The van der Waals surface area contributed by atoms with Crippen LogP contribution in [0.2, 0.25) is 0 Å². The number of quaternary nitrogens is 1. The predicted molar refractivity (Wildman–Crippen MR) is 74.5 cm³/mol. The molecule has 0 unspecified atom stereocenters. The first kappa shape index (κ1) is 14.7. The summed E-state index contributed by atoms with van der Waals surface area (Å²) in [4.78, 5) is 10.5. The maximum atomic E-state index is 11.5. The van der Waals surface area contributed by atoms with E-state index in [1.807, 2.05) is 0 Å². The summed E-state index contributed by atoms with van der Waals surface area (Å²) in [6.07, 6.45) is 2.91. The molecule has 1 aromatic rings. The van der Waals surface area contributed by atoms with Gasteiger partial charge in [-0.3, -0.25) is 10.1 Å². The van der Waals surface area contributed by atoms with Gasteiger partial charge in [-0.25, -0.2) is 8.42 Å². The second-order valence-electron chi connectivity index (χ2n) is 4.99. The highest BCUT2D eigenvalue weighted by Crippen LogP contribution is 2.28. The number of piperidine rings is 1. The Morgan fingerprint density at radius 1 is 1.35 bits per heavy atom. The minimum atomic E-state index is -3.45. The molecule has 2 rings (SSSR count). The summed E-state index contributed by atoms with van der Waals surface area (Å²) in [5.41, 5.74) is 0.191. The van der Waals surface area contributed by atoms with Crippen LogP contribution in [-0.4, -0.2) is 38.7 Å². The highest BCUT2D eigenvalue weighted by molar-refractivity contribution is 7.90. The predicted octanol–water partition coefficient (Wildman–Crippen LogP) is 0.136. The molecule has 0 saturated carbocycles. The quantitative estimate of drug-likeness (QED) is 0.607. The second-order valence-corrected chi connectivity index (χ2v) is 7.01. The summed E-state index contributed by atoms with van der Waals surface area (Å²) >= 11 is 0. The standard InChI is InChI=1S/C12H17N3O4S/c1-20(18,19)10-2-3-11(12(8-10)15(16)17)14-9-4-6-13-7-5-9/h2-3,8-9,13-14H,4-7H2,1H3/p+1. The fourth-order valence-electron chi connectivity index (χ4n) is 2.31. The maximum absolute atomic E-state index is 11.5. The summed E-state index contributed by atoms with van der Waals surface area (Å²) in [5, 5.41) is 16.5. The molecule has 1 aliphatic heterocycles. The van der Waals surface area contributed by atoms with Crippen molar-refractivity contribution in [2.75, 3.05) is 24.7 Å². The Hall–Kier alpha value is -1.67. The Morgan fingerprint density at radius 3 is 2.55 bits per heavy atom. The van der Waals surface area contributed by atoms with Crippen LogP contribution >= 0.6 is 0 Å². The summed E-state index contributed by atoms with van der Waals surface area (Å²) in [7, 11) is -3.45. The van der Waals surface area contributed by atoms with Gasteiger partial charge in [0, 0.05) is 31.2 Å². The van der Waals surface area contributed by atoms with Crippen molar-refractivity contribution >= 4 is 21.2 Å². The van der Waals surface area contributed by atoms with E-state index in [1.54, 1.807) is 0 Å². The van der Waals surface area contributed by atoms with Crippen molar-refractivity contribution in [1.82, 2.24) is 0 Å². The average molecular weight is 300 g/mol. The van der Waals surface area contributed by atoms with E-state index in [0.717, 1.165) is 38.3 Å². The van der Waals surface area contributed by atoms with Crippen molar-refractivity contribution in [2.24, 2.45) is 0 Å². The zero-order valence-electron chi connectivity index (χ0n) is 11.2. The number of hydrogen-bond acceptors (Lipinski definition) is 5. The summed E-state index contributed by atoms with van der Waals surface area (Å²) in [6, 6.07) is 4.20. The third-order valence-corrected chi connectivity index (χ3v) is 4.50. The molecule has 1 saturated heterocycles. The number of anilines is 1. The molecule has 0 spiro atoms. The van der Waals surface area contributed by atoms with E-state index in [1.165, 1.54) is 12.1 Å². The van der Waals surface area contributed by atoms with Crippen LogP contribution in [0.3, 0.4) is 0 Å². The Morgan fingerprint density at radius 2 is 2.00 bits per heavy atom. The molecule has 1 heterocycles. The van der Waals surface area contributed by atoms with Crippen LogP contribution in [0.15, 0.2) is 23.1 Å². The van der Waals surface area contributed by atoms with E-state index in [2.05, 4.69) is 10.6 Å². The van der Waals surface area contributed by atoms with E-state index in [0.29, 0.717) is 5.69 Å². The van der Waals surface area contributed by atoms with Crippen LogP contribution in [0.5, 0.6) is 0 Å². The van der Waals surface area contributed by atoms with Gasteiger partial charge in [-0.05, 0) is 12.1 Å². The summed E-state index contributed by atoms with van der Waals surface area (Å²) in [6.45, 7) is 1.99. The zero-order chi connectivity index (χ0) is 14.8. The van der Waals surface area contributed by atoms with E-state index in [4.69, 9.17) is 0 Å². The molecular weight excluding hydrogens is 282 g/mol. The minimum absolute atomic E-state index is 0.0354. The molecule has 1 aliphatic rings. The van der Waals surface area contributed by atoms with Crippen LogP contribution in [0.1, 0.15) is 12.8 Å². The maximum Gasteiger partial charge on any atom is 0.293 e. The van der Waals surface area contributed by atoms with Crippen molar-refractivity contribution in [2.45, 2.75) is 23.8 Å². The molecule has 8 heteroatoms. The number of nitro benzene ring substituents is 1.